The van der Waals surface area contributed by atoms with Crippen LogP contribution in [0.1, 0.15) is 6.92 Å². The zero-order valence-corrected chi connectivity index (χ0v) is 11.5. The molecule has 0 spiro atoms. The van der Waals surface area contributed by atoms with Gasteiger partial charge in [0.1, 0.15) is 0 Å². The quantitative estimate of drug-likeness (QED) is 0.806. The van der Waals surface area contributed by atoms with E-state index in [2.05, 4.69) is 11.1 Å². The number of benzene rings is 1. The van der Waals surface area contributed by atoms with Crippen LogP contribution in [0.5, 0.6) is 11.5 Å². The molecule has 6 heteroatoms. The standard InChI is InChI=1S/C13H13N3O2S/c1-8(5-14)6-19-13-15-9-3-11-12(18-7-17-11)4-10(9)16(13)2/h3-4,8H,6-7H2,1-2H3. The molecular weight excluding hydrogens is 262 g/mol. The molecular formula is C13H13N3O2S. The molecule has 1 aliphatic rings. The molecule has 0 saturated carbocycles. The number of thioether (sulfide) groups is 1. The summed E-state index contributed by atoms with van der Waals surface area (Å²) in [6, 6.07) is 6.07. The third kappa shape index (κ3) is 2.10. The highest BCUT2D eigenvalue weighted by Gasteiger charge is 2.18. The Labute approximate surface area is 115 Å². The minimum absolute atomic E-state index is 0.0153. The summed E-state index contributed by atoms with van der Waals surface area (Å²) in [6.45, 7) is 2.18. The molecule has 1 aromatic heterocycles. The van der Waals surface area contributed by atoms with E-state index in [0.29, 0.717) is 0 Å². The number of rotatable bonds is 3. The zero-order chi connectivity index (χ0) is 13.4. The van der Waals surface area contributed by atoms with Crippen molar-refractivity contribution in [3.05, 3.63) is 12.1 Å². The lowest BCUT2D eigenvalue weighted by atomic mass is 10.3. The van der Waals surface area contributed by atoms with E-state index in [9.17, 15) is 0 Å². The van der Waals surface area contributed by atoms with E-state index in [0.717, 1.165) is 33.4 Å². The Morgan fingerprint density at radius 1 is 1.47 bits per heavy atom. The Bertz CT molecular complexity index is 675. The fraction of sp³-hybridized carbons (Fsp3) is 0.385. The van der Waals surface area contributed by atoms with Crippen LogP contribution in [0.2, 0.25) is 0 Å². The first-order chi connectivity index (χ1) is 9.19. The molecule has 0 amide bonds. The van der Waals surface area contributed by atoms with E-state index in [1.54, 1.807) is 11.8 Å². The van der Waals surface area contributed by atoms with E-state index in [4.69, 9.17) is 14.7 Å². The highest BCUT2D eigenvalue weighted by molar-refractivity contribution is 7.99. The van der Waals surface area contributed by atoms with Crippen molar-refractivity contribution in [2.45, 2.75) is 12.1 Å². The molecule has 0 radical (unpaired) electrons. The molecule has 0 fully saturated rings. The number of ether oxygens (including phenoxy) is 2. The number of hydrogen-bond acceptors (Lipinski definition) is 5. The van der Waals surface area contributed by atoms with Crippen molar-refractivity contribution in [3.8, 4) is 17.6 Å². The van der Waals surface area contributed by atoms with Crippen molar-refractivity contribution >= 4 is 22.8 Å². The van der Waals surface area contributed by atoms with E-state index < -0.39 is 0 Å². The number of aryl methyl sites for hydroxylation is 1. The summed E-state index contributed by atoms with van der Waals surface area (Å²) in [5, 5.41) is 9.71. The van der Waals surface area contributed by atoms with Crippen LogP contribution < -0.4 is 9.47 Å². The fourth-order valence-corrected chi connectivity index (χ4v) is 2.85. The van der Waals surface area contributed by atoms with Crippen molar-refractivity contribution < 1.29 is 9.47 Å². The first kappa shape index (κ1) is 12.2. The largest absolute Gasteiger partial charge is 0.454 e. The molecule has 19 heavy (non-hydrogen) atoms. The smallest absolute Gasteiger partial charge is 0.231 e. The van der Waals surface area contributed by atoms with Crippen molar-refractivity contribution in [1.82, 2.24) is 9.55 Å². The molecule has 2 heterocycles. The van der Waals surface area contributed by atoms with Crippen molar-refractivity contribution in [2.24, 2.45) is 13.0 Å². The second-order valence-electron chi connectivity index (χ2n) is 4.49. The molecule has 1 aliphatic heterocycles. The third-order valence-electron chi connectivity index (χ3n) is 3.02. The maximum Gasteiger partial charge on any atom is 0.231 e. The van der Waals surface area contributed by atoms with Gasteiger partial charge in [-0.25, -0.2) is 4.98 Å². The van der Waals surface area contributed by atoms with E-state index in [1.807, 2.05) is 30.7 Å². The van der Waals surface area contributed by atoms with Gasteiger partial charge < -0.3 is 14.0 Å². The third-order valence-corrected chi connectivity index (χ3v) is 4.31. The molecule has 0 aliphatic carbocycles. The number of fused-ring (bicyclic) bond motifs is 2. The Morgan fingerprint density at radius 2 is 2.21 bits per heavy atom. The highest BCUT2D eigenvalue weighted by Crippen LogP contribution is 2.37. The van der Waals surface area contributed by atoms with Gasteiger partial charge in [0, 0.05) is 24.9 Å². The average molecular weight is 275 g/mol. The topological polar surface area (TPSA) is 60.1 Å². The molecule has 0 saturated heterocycles. The number of hydrogen-bond donors (Lipinski definition) is 0. The maximum atomic E-state index is 8.81. The molecule has 5 nitrogen and oxygen atoms in total. The SMILES string of the molecule is CC(C#N)CSc1nc2cc3c(cc2n1C)OCO3. The van der Waals surface area contributed by atoms with Gasteiger partial charge in [0.25, 0.3) is 0 Å². The molecule has 1 aromatic carbocycles. The highest BCUT2D eigenvalue weighted by atomic mass is 32.2. The predicted molar refractivity (Wildman–Crippen MR) is 72.3 cm³/mol. The van der Waals surface area contributed by atoms with Gasteiger partial charge in [-0.2, -0.15) is 5.26 Å². The molecule has 0 N–H and O–H groups in total. The molecule has 1 atom stereocenters. The molecule has 2 aromatic rings. The monoisotopic (exact) mass is 275 g/mol. The van der Waals surface area contributed by atoms with E-state index >= 15 is 0 Å². The number of imidazole rings is 1. The summed E-state index contributed by atoms with van der Waals surface area (Å²) in [5.41, 5.74) is 1.90. The summed E-state index contributed by atoms with van der Waals surface area (Å²) in [4.78, 5) is 4.58. The zero-order valence-electron chi connectivity index (χ0n) is 10.7. The number of nitrogens with zero attached hydrogens (tertiary/aromatic N) is 3. The summed E-state index contributed by atoms with van der Waals surface area (Å²) in [5.74, 6) is 2.26. The van der Waals surface area contributed by atoms with Crippen LogP contribution in [0.4, 0.5) is 0 Å². The lowest BCUT2D eigenvalue weighted by Crippen LogP contribution is -1.97. The van der Waals surface area contributed by atoms with Crippen LogP contribution in [-0.4, -0.2) is 22.1 Å². The average Bonchev–Trinajstić information content (AvgIpc) is 2.98. The Balaban J connectivity index is 1.95. The Morgan fingerprint density at radius 3 is 2.95 bits per heavy atom. The minimum atomic E-state index is 0.0153. The Hall–Kier alpha value is -1.87. The van der Waals surface area contributed by atoms with Crippen LogP contribution in [-0.2, 0) is 7.05 Å². The van der Waals surface area contributed by atoms with Gasteiger partial charge in [-0.15, -0.1) is 0 Å². The van der Waals surface area contributed by atoms with Gasteiger partial charge in [0.05, 0.1) is 23.0 Å². The van der Waals surface area contributed by atoms with Gasteiger partial charge in [-0.1, -0.05) is 11.8 Å². The number of nitriles is 1. The first-order valence-electron chi connectivity index (χ1n) is 5.97. The van der Waals surface area contributed by atoms with Crippen LogP contribution >= 0.6 is 11.8 Å². The van der Waals surface area contributed by atoms with Crippen molar-refractivity contribution in [1.29, 1.82) is 5.26 Å². The van der Waals surface area contributed by atoms with E-state index in [-0.39, 0.29) is 12.7 Å². The lowest BCUT2D eigenvalue weighted by Gasteiger charge is -2.03. The van der Waals surface area contributed by atoms with Gasteiger partial charge in [0.2, 0.25) is 6.79 Å². The second kappa shape index (κ2) is 4.67. The van der Waals surface area contributed by atoms with Crippen LogP contribution in [0, 0.1) is 17.2 Å². The van der Waals surface area contributed by atoms with Crippen LogP contribution in [0.15, 0.2) is 17.3 Å². The van der Waals surface area contributed by atoms with Crippen LogP contribution in [0.25, 0.3) is 11.0 Å². The lowest BCUT2D eigenvalue weighted by molar-refractivity contribution is 0.174. The van der Waals surface area contributed by atoms with Gasteiger partial charge in [0.15, 0.2) is 16.7 Å². The van der Waals surface area contributed by atoms with Gasteiger partial charge >= 0.3 is 0 Å². The molecule has 1 unspecified atom stereocenters. The molecule has 3 rings (SSSR count). The van der Waals surface area contributed by atoms with Gasteiger partial charge in [-0.05, 0) is 6.92 Å². The van der Waals surface area contributed by atoms with E-state index in [1.165, 1.54) is 0 Å². The first-order valence-corrected chi connectivity index (χ1v) is 6.96. The van der Waals surface area contributed by atoms with Crippen molar-refractivity contribution in [3.63, 3.8) is 0 Å². The van der Waals surface area contributed by atoms with Crippen LogP contribution in [0.3, 0.4) is 0 Å². The normalized spacial score (nSPS) is 14.6. The predicted octanol–water partition coefficient (Wildman–Crippen LogP) is 2.55. The minimum Gasteiger partial charge on any atom is -0.454 e. The van der Waals surface area contributed by atoms with Crippen molar-refractivity contribution in [2.75, 3.05) is 12.5 Å². The second-order valence-corrected chi connectivity index (χ2v) is 5.48. The Kier molecular flexibility index (Phi) is 2.99. The molecule has 98 valence electrons. The summed E-state index contributed by atoms with van der Waals surface area (Å²) >= 11 is 1.59. The molecule has 0 bridgehead atoms. The summed E-state index contributed by atoms with van der Waals surface area (Å²) in [6.07, 6.45) is 0. The maximum absolute atomic E-state index is 8.81. The summed E-state index contributed by atoms with van der Waals surface area (Å²) < 4.78 is 12.7. The summed E-state index contributed by atoms with van der Waals surface area (Å²) in [7, 11) is 1.97. The fourth-order valence-electron chi connectivity index (χ4n) is 1.93. The van der Waals surface area contributed by atoms with Gasteiger partial charge in [-0.3, -0.25) is 0 Å². The number of aromatic nitrogens is 2.